The van der Waals surface area contributed by atoms with Gasteiger partial charge in [0.25, 0.3) is 0 Å². The lowest BCUT2D eigenvalue weighted by atomic mass is 9.69. The van der Waals surface area contributed by atoms with E-state index >= 15 is 0 Å². The van der Waals surface area contributed by atoms with E-state index in [-0.39, 0.29) is 11.8 Å². The number of halogens is 3. The van der Waals surface area contributed by atoms with Gasteiger partial charge in [-0.1, -0.05) is 19.4 Å². The lowest BCUT2D eigenvalue weighted by Crippen LogP contribution is -2.34. The van der Waals surface area contributed by atoms with Crippen molar-refractivity contribution in [2.75, 3.05) is 13.1 Å². The molecular weight excluding hydrogens is 353 g/mol. The third kappa shape index (κ3) is 5.96. The maximum absolute atomic E-state index is 13.2. The van der Waals surface area contributed by atoms with Gasteiger partial charge in [0.1, 0.15) is 0 Å². The molecule has 0 aromatic heterocycles. The Balaban J connectivity index is 2.12. The van der Waals surface area contributed by atoms with Crippen molar-refractivity contribution in [2.24, 2.45) is 17.6 Å². The number of aryl methyl sites for hydroxylation is 1. The molecule has 3 unspecified atom stereocenters. The van der Waals surface area contributed by atoms with Crippen LogP contribution in [-0.4, -0.2) is 19.0 Å². The average molecular weight is 384 g/mol. The fraction of sp³-hybridized carbons (Fsp3) is 0.667. The smallest absolute Gasteiger partial charge is 0.356 e. The molecule has 27 heavy (non-hydrogen) atoms. The largest absolute Gasteiger partial charge is 0.416 e. The number of rotatable bonds is 7. The number of benzene rings is 1. The number of carbonyl (C=O) groups excluding carboxylic acids is 1. The molecule has 0 spiro atoms. The van der Waals surface area contributed by atoms with Gasteiger partial charge in [0, 0.05) is 13.0 Å². The van der Waals surface area contributed by atoms with Gasteiger partial charge in [0.05, 0.1) is 5.56 Å². The summed E-state index contributed by atoms with van der Waals surface area (Å²) in [6, 6.07) is 4.09. The van der Waals surface area contributed by atoms with Crippen LogP contribution in [0.2, 0.25) is 0 Å². The van der Waals surface area contributed by atoms with Crippen molar-refractivity contribution in [1.29, 1.82) is 0 Å². The van der Waals surface area contributed by atoms with Gasteiger partial charge < -0.3 is 11.1 Å². The molecule has 1 aromatic carbocycles. The molecule has 1 saturated carbocycles. The molecule has 3 N–H and O–H groups in total. The molecule has 1 fully saturated rings. The van der Waals surface area contributed by atoms with Crippen molar-refractivity contribution in [3.8, 4) is 0 Å². The summed E-state index contributed by atoms with van der Waals surface area (Å²) in [5, 5.41) is 2.97. The van der Waals surface area contributed by atoms with Gasteiger partial charge in [0.2, 0.25) is 5.91 Å². The molecule has 0 heterocycles. The predicted octanol–water partition coefficient (Wildman–Crippen LogP) is 4.78. The second-order valence-electron chi connectivity index (χ2n) is 7.72. The van der Waals surface area contributed by atoms with Crippen LogP contribution in [0.15, 0.2) is 18.2 Å². The summed E-state index contributed by atoms with van der Waals surface area (Å²) in [6.45, 7) is 5.08. The van der Waals surface area contributed by atoms with Gasteiger partial charge in [-0.25, -0.2) is 0 Å². The molecule has 1 aliphatic rings. The van der Waals surface area contributed by atoms with E-state index in [2.05, 4.69) is 12.2 Å². The van der Waals surface area contributed by atoms with Crippen LogP contribution in [0.1, 0.15) is 68.1 Å². The summed E-state index contributed by atoms with van der Waals surface area (Å²) < 4.78 is 39.5. The summed E-state index contributed by atoms with van der Waals surface area (Å²) in [4.78, 5) is 11.8. The molecule has 6 heteroatoms. The van der Waals surface area contributed by atoms with Gasteiger partial charge in [-0.3, -0.25) is 4.79 Å². The van der Waals surface area contributed by atoms with Crippen molar-refractivity contribution in [3.63, 3.8) is 0 Å². The Hall–Kier alpha value is -1.56. The minimum absolute atomic E-state index is 0.00450. The summed E-state index contributed by atoms with van der Waals surface area (Å²) >= 11 is 0. The van der Waals surface area contributed by atoms with Crippen molar-refractivity contribution in [1.82, 2.24) is 5.32 Å². The monoisotopic (exact) mass is 384 g/mol. The van der Waals surface area contributed by atoms with Crippen molar-refractivity contribution >= 4 is 5.91 Å². The molecule has 3 atom stereocenters. The SMILES string of the molecule is CCC1CCC(CNC(=O)CCCN)CC1c1cc(C(F)(F)F)ccc1C. The van der Waals surface area contributed by atoms with Crippen LogP contribution >= 0.6 is 0 Å². The summed E-state index contributed by atoms with van der Waals surface area (Å²) in [5.41, 5.74) is 6.58. The van der Waals surface area contributed by atoms with Crippen LogP contribution in [-0.2, 0) is 11.0 Å². The van der Waals surface area contributed by atoms with E-state index in [0.717, 1.165) is 42.9 Å². The van der Waals surface area contributed by atoms with E-state index in [4.69, 9.17) is 5.73 Å². The Labute approximate surface area is 159 Å². The second-order valence-corrected chi connectivity index (χ2v) is 7.72. The maximum Gasteiger partial charge on any atom is 0.416 e. The van der Waals surface area contributed by atoms with Crippen molar-refractivity contribution in [3.05, 3.63) is 34.9 Å². The van der Waals surface area contributed by atoms with Crippen LogP contribution in [0, 0.1) is 18.8 Å². The number of carbonyl (C=O) groups is 1. The Bertz CT molecular complexity index is 630. The Morgan fingerprint density at radius 3 is 2.67 bits per heavy atom. The molecule has 0 saturated heterocycles. The van der Waals surface area contributed by atoms with Gasteiger partial charge in [-0.15, -0.1) is 0 Å². The molecule has 0 bridgehead atoms. The molecule has 1 aliphatic carbocycles. The highest BCUT2D eigenvalue weighted by molar-refractivity contribution is 5.75. The first-order chi connectivity index (χ1) is 12.8. The van der Waals surface area contributed by atoms with E-state index in [1.165, 1.54) is 6.07 Å². The zero-order valence-corrected chi connectivity index (χ0v) is 16.2. The molecule has 0 aliphatic heterocycles. The van der Waals surface area contributed by atoms with Gasteiger partial charge in [-0.2, -0.15) is 13.2 Å². The van der Waals surface area contributed by atoms with Crippen LogP contribution in [0.5, 0.6) is 0 Å². The predicted molar refractivity (Wildman–Crippen MR) is 101 cm³/mol. The molecule has 3 nitrogen and oxygen atoms in total. The standard InChI is InChI=1S/C21H31F3N2O/c1-3-16-8-7-15(13-26-20(27)5-4-10-25)11-19(16)18-12-17(21(22,23)24)9-6-14(18)2/h6,9,12,15-16,19H,3-5,7-8,10-11,13,25H2,1-2H3,(H,26,27). The Morgan fingerprint density at radius 2 is 2.04 bits per heavy atom. The number of hydrogen-bond donors (Lipinski definition) is 2. The lowest BCUT2D eigenvalue weighted by molar-refractivity contribution is -0.137. The van der Waals surface area contributed by atoms with Crippen molar-refractivity contribution in [2.45, 2.75) is 64.5 Å². The topological polar surface area (TPSA) is 55.1 Å². The van der Waals surface area contributed by atoms with Gasteiger partial charge in [0.15, 0.2) is 0 Å². The average Bonchev–Trinajstić information content (AvgIpc) is 2.63. The van der Waals surface area contributed by atoms with E-state index in [1.807, 2.05) is 6.92 Å². The summed E-state index contributed by atoms with van der Waals surface area (Å²) in [5.74, 6) is 0.798. The number of alkyl halides is 3. The quantitative estimate of drug-likeness (QED) is 0.711. The van der Waals surface area contributed by atoms with E-state index < -0.39 is 11.7 Å². The maximum atomic E-state index is 13.2. The molecule has 2 rings (SSSR count). The third-order valence-corrected chi connectivity index (χ3v) is 5.83. The number of nitrogens with two attached hydrogens (primary N) is 1. The fourth-order valence-electron chi connectivity index (χ4n) is 4.20. The first-order valence-electron chi connectivity index (χ1n) is 9.90. The second kappa shape index (κ2) is 9.58. The first kappa shape index (κ1) is 21.7. The fourth-order valence-corrected chi connectivity index (χ4v) is 4.20. The molecule has 1 amide bonds. The highest BCUT2D eigenvalue weighted by atomic mass is 19.4. The van der Waals surface area contributed by atoms with Gasteiger partial charge >= 0.3 is 6.18 Å². The molecule has 152 valence electrons. The zero-order valence-electron chi connectivity index (χ0n) is 16.2. The van der Waals surface area contributed by atoms with E-state index in [9.17, 15) is 18.0 Å². The first-order valence-corrected chi connectivity index (χ1v) is 9.90. The van der Waals surface area contributed by atoms with Gasteiger partial charge in [-0.05, 0) is 80.2 Å². The molecule has 0 radical (unpaired) electrons. The minimum Gasteiger partial charge on any atom is -0.356 e. The number of amides is 1. The lowest BCUT2D eigenvalue weighted by Gasteiger charge is -2.37. The number of nitrogens with one attached hydrogen (secondary N) is 1. The molecule has 1 aromatic rings. The third-order valence-electron chi connectivity index (χ3n) is 5.83. The Kier molecular flexibility index (Phi) is 7.71. The summed E-state index contributed by atoms with van der Waals surface area (Å²) in [7, 11) is 0. The molecular formula is C21H31F3N2O. The van der Waals surface area contributed by atoms with Crippen LogP contribution in [0.3, 0.4) is 0 Å². The minimum atomic E-state index is -4.32. The zero-order chi connectivity index (χ0) is 20.0. The normalized spacial score (nSPS) is 23.3. The van der Waals surface area contributed by atoms with Crippen LogP contribution in [0.25, 0.3) is 0 Å². The van der Waals surface area contributed by atoms with Crippen LogP contribution in [0.4, 0.5) is 13.2 Å². The van der Waals surface area contributed by atoms with Crippen molar-refractivity contribution < 1.29 is 18.0 Å². The Morgan fingerprint density at radius 1 is 1.30 bits per heavy atom. The van der Waals surface area contributed by atoms with E-state index in [0.29, 0.717) is 37.8 Å². The highest BCUT2D eigenvalue weighted by Gasteiger charge is 2.35. The number of hydrogen-bond acceptors (Lipinski definition) is 2. The summed E-state index contributed by atoms with van der Waals surface area (Å²) in [6.07, 6.45) is 0.533. The van der Waals surface area contributed by atoms with Crippen LogP contribution < -0.4 is 11.1 Å². The van der Waals surface area contributed by atoms with E-state index in [1.54, 1.807) is 6.07 Å². The highest BCUT2D eigenvalue weighted by Crippen LogP contribution is 2.44.